The lowest BCUT2D eigenvalue weighted by molar-refractivity contribution is 1.02. The molecule has 0 aliphatic heterocycles. The molecule has 0 bridgehead atoms. The monoisotopic (exact) mass is 872 g/mol. The minimum absolute atomic E-state index is 0.658. The molecule has 0 aliphatic rings. The Morgan fingerprint density at radius 2 is 0.632 bits per heavy atom. The molecule has 8 aromatic carbocycles. The van der Waals surface area contributed by atoms with E-state index in [0.717, 1.165) is 112 Å². The van der Waals surface area contributed by atoms with Gasteiger partial charge in [0.15, 0.2) is 11.6 Å². The Morgan fingerprint density at radius 3 is 1.24 bits per heavy atom. The first-order valence-corrected chi connectivity index (χ1v) is 22.8. The van der Waals surface area contributed by atoms with Crippen molar-refractivity contribution in [2.75, 3.05) is 0 Å². The molecule has 3 aromatic heterocycles. The van der Waals surface area contributed by atoms with Crippen molar-refractivity contribution < 1.29 is 0 Å². The lowest BCUT2D eigenvalue weighted by Crippen LogP contribution is -1.98. The molecule has 0 unspecified atom stereocenters. The van der Waals surface area contributed by atoms with Crippen molar-refractivity contribution in [3.63, 3.8) is 0 Å². The summed E-state index contributed by atoms with van der Waals surface area (Å²) in [5.74, 6) is 2.06. The zero-order valence-corrected chi connectivity index (χ0v) is 37.6. The predicted molar refractivity (Wildman–Crippen MR) is 277 cm³/mol. The van der Waals surface area contributed by atoms with Crippen LogP contribution in [0.15, 0.2) is 231 Å². The van der Waals surface area contributed by atoms with Crippen LogP contribution >= 0.6 is 0 Å². The van der Waals surface area contributed by atoms with Crippen LogP contribution in [0.3, 0.4) is 0 Å². The van der Waals surface area contributed by atoms with Gasteiger partial charge in [-0.05, 0) is 83.6 Å². The largest absolute Gasteiger partial charge is 0.239 e. The van der Waals surface area contributed by atoms with Crippen LogP contribution in [0.25, 0.3) is 112 Å². The normalized spacial score (nSPS) is 11.1. The molecule has 0 fully saturated rings. The van der Waals surface area contributed by atoms with Crippen LogP contribution in [0.1, 0.15) is 11.5 Å². The van der Waals surface area contributed by atoms with E-state index in [4.69, 9.17) is 24.9 Å². The van der Waals surface area contributed by atoms with E-state index in [2.05, 4.69) is 169 Å². The third-order valence-electron chi connectivity index (χ3n) is 12.1. The third kappa shape index (κ3) is 8.74. The van der Waals surface area contributed by atoms with Gasteiger partial charge in [-0.15, -0.1) is 0 Å². The maximum atomic E-state index is 5.33. The Morgan fingerprint density at radius 1 is 0.221 bits per heavy atom. The van der Waals surface area contributed by atoms with Crippen molar-refractivity contribution in [2.45, 2.75) is 13.8 Å². The summed E-state index contributed by atoms with van der Waals surface area (Å²) < 4.78 is 0. The molecule has 322 valence electrons. The number of benzene rings is 8. The van der Waals surface area contributed by atoms with Gasteiger partial charge in [0.05, 0.1) is 28.5 Å². The van der Waals surface area contributed by atoms with Gasteiger partial charge in [-0.25, -0.2) is 29.9 Å². The van der Waals surface area contributed by atoms with E-state index in [0.29, 0.717) is 11.6 Å². The van der Waals surface area contributed by atoms with E-state index < -0.39 is 0 Å². The highest BCUT2D eigenvalue weighted by Gasteiger charge is 2.19. The number of nitrogens with zero attached hydrogens (tertiary/aromatic N) is 6. The highest BCUT2D eigenvalue weighted by molar-refractivity contribution is 5.94. The Labute approximate surface area is 396 Å². The third-order valence-corrected chi connectivity index (χ3v) is 12.1. The molecule has 0 radical (unpaired) electrons. The molecule has 0 atom stereocenters. The summed E-state index contributed by atoms with van der Waals surface area (Å²) >= 11 is 0. The van der Waals surface area contributed by atoms with Crippen molar-refractivity contribution in [1.29, 1.82) is 0 Å². The smallest absolute Gasteiger partial charge is 0.160 e. The summed E-state index contributed by atoms with van der Waals surface area (Å²) in [7, 11) is 0. The van der Waals surface area contributed by atoms with Crippen LogP contribution in [0, 0.1) is 13.8 Å². The topological polar surface area (TPSA) is 77.3 Å². The number of aromatic nitrogens is 6. The molecule has 0 saturated heterocycles. The van der Waals surface area contributed by atoms with E-state index in [9.17, 15) is 0 Å². The average molecular weight is 873 g/mol. The molecule has 11 aromatic rings. The van der Waals surface area contributed by atoms with E-state index in [-0.39, 0.29) is 0 Å². The first-order chi connectivity index (χ1) is 33.5. The van der Waals surface area contributed by atoms with E-state index in [1.807, 2.05) is 80.6 Å². The van der Waals surface area contributed by atoms with Crippen LogP contribution in [0.5, 0.6) is 0 Å². The second kappa shape index (κ2) is 18.5. The highest BCUT2D eigenvalue weighted by atomic mass is 14.9. The maximum Gasteiger partial charge on any atom is 0.160 e. The summed E-state index contributed by atoms with van der Waals surface area (Å²) in [6, 6.07) is 79.9. The number of hydrogen-bond acceptors (Lipinski definition) is 6. The fraction of sp³-hybridized carbons (Fsp3) is 0.0323. The summed E-state index contributed by atoms with van der Waals surface area (Å²) in [5, 5.41) is 0. The molecular formula is C62H44N6. The molecule has 0 amide bonds. The highest BCUT2D eigenvalue weighted by Crippen LogP contribution is 2.42. The molecule has 6 nitrogen and oxygen atoms in total. The van der Waals surface area contributed by atoms with Gasteiger partial charge in [-0.2, -0.15) is 0 Å². The van der Waals surface area contributed by atoms with E-state index in [1.54, 1.807) is 0 Å². The van der Waals surface area contributed by atoms with Crippen molar-refractivity contribution in [3.05, 3.63) is 242 Å². The number of aryl methyl sites for hydroxylation is 2. The van der Waals surface area contributed by atoms with Gasteiger partial charge in [-0.1, -0.05) is 194 Å². The Balaban J connectivity index is 1.09. The summed E-state index contributed by atoms with van der Waals surface area (Å²) in [5.41, 5.74) is 18.5. The molecule has 68 heavy (non-hydrogen) atoms. The lowest BCUT2D eigenvalue weighted by atomic mass is 9.88. The van der Waals surface area contributed by atoms with Crippen LogP contribution in [0.4, 0.5) is 0 Å². The van der Waals surface area contributed by atoms with Gasteiger partial charge in [0.25, 0.3) is 0 Å². The summed E-state index contributed by atoms with van der Waals surface area (Å²) in [6.45, 7) is 3.96. The fourth-order valence-corrected chi connectivity index (χ4v) is 8.84. The van der Waals surface area contributed by atoms with Crippen LogP contribution in [0.2, 0.25) is 0 Å². The predicted octanol–water partition coefficient (Wildman–Crippen LogP) is 15.3. The van der Waals surface area contributed by atoms with Crippen LogP contribution in [-0.2, 0) is 0 Å². The van der Waals surface area contributed by atoms with Crippen molar-refractivity contribution in [2.24, 2.45) is 0 Å². The summed E-state index contributed by atoms with van der Waals surface area (Å²) in [4.78, 5) is 30.3. The molecule has 0 saturated carbocycles. The van der Waals surface area contributed by atoms with Gasteiger partial charge >= 0.3 is 0 Å². The van der Waals surface area contributed by atoms with E-state index >= 15 is 0 Å². The fourth-order valence-electron chi connectivity index (χ4n) is 8.84. The SMILES string of the molecule is Cc1cc(-c2ccc(-c3ccccc3-c3cc(-c4cccc(-c5ccccc5)c4)nc(-c4ccccc4)n3)c(-c3cccc(-c4cc(-c5ccccc5)nc(-c5ccccc5)n4)c3)c2)nc(C)n1. The van der Waals surface area contributed by atoms with Crippen LogP contribution in [-0.4, -0.2) is 29.9 Å². The van der Waals surface area contributed by atoms with Crippen molar-refractivity contribution in [3.8, 4) is 112 Å². The Hall–Kier alpha value is -9.00. The zero-order valence-electron chi connectivity index (χ0n) is 37.6. The first-order valence-electron chi connectivity index (χ1n) is 22.8. The minimum Gasteiger partial charge on any atom is -0.239 e. The Bertz CT molecular complexity index is 3500. The Kier molecular flexibility index (Phi) is 11.3. The first kappa shape index (κ1) is 41.7. The molecular weight excluding hydrogens is 829 g/mol. The average Bonchev–Trinajstić information content (AvgIpc) is 3.41. The van der Waals surface area contributed by atoms with Crippen molar-refractivity contribution >= 4 is 0 Å². The van der Waals surface area contributed by atoms with Gasteiger partial charge in [0.1, 0.15) is 5.82 Å². The second-order valence-electron chi connectivity index (χ2n) is 16.8. The van der Waals surface area contributed by atoms with Crippen molar-refractivity contribution in [1.82, 2.24) is 29.9 Å². The van der Waals surface area contributed by atoms with Gasteiger partial charge in [0.2, 0.25) is 0 Å². The van der Waals surface area contributed by atoms with Crippen LogP contribution < -0.4 is 0 Å². The summed E-state index contributed by atoms with van der Waals surface area (Å²) in [6.07, 6.45) is 0. The quantitative estimate of drug-likeness (QED) is 0.136. The second-order valence-corrected chi connectivity index (χ2v) is 16.8. The molecule has 0 aliphatic carbocycles. The zero-order chi connectivity index (χ0) is 45.8. The maximum absolute atomic E-state index is 5.33. The number of hydrogen-bond donors (Lipinski definition) is 0. The van der Waals surface area contributed by atoms with Gasteiger partial charge in [0, 0.05) is 44.6 Å². The van der Waals surface area contributed by atoms with E-state index in [1.165, 1.54) is 0 Å². The standard InChI is InChI=1S/C62H44N6/c1-41-35-56(64-42(2)63-41)51-33-34-53(55(38-51)48-28-18-30-50(37-48)58-39-57(44-21-9-4-10-22-44)65-61(66-58)45-23-11-5-12-24-45)52-31-15-16-32-54(52)60-40-59(67-62(68-60)46-25-13-6-14-26-46)49-29-17-27-47(36-49)43-19-7-3-8-20-43/h3-40H,1-2H3. The van der Waals surface area contributed by atoms with Gasteiger partial charge in [-0.3, -0.25) is 0 Å². The minimum atomic E-state index is 0.658. The molecule has 11 rings (SSSR count). The lowest BCUT2D eigenvalue weighted by Gasteiger charge is -2.18. The molecule has 0 spiro atoms. The molecule has 6 heteroatoms. The van der Waals surface area contributed by atoms with Gasteiger partial charge < -0.3 is 0 Å². The molecule has 3 heterocycles. The number of rotatable bonds is 10. The molecule has 0 N–H and O–H groups in total.